The van der Waals surface area contributed by atoms with Gasteiger partial charge < -0.3 is 14.9 Å². The maximum absolute atomic E-state index is 12.5. The summed E-state index contributed by atoms with van der Waals surface area (Å²) in [4.78, 5) is 29.1. The van der Waals surface area contributed by atoms with Gasteiger partial charge in [-0.25, -0.2) is 4.79 Å². The highest BCUT2D eigenvalue weighted by atomic mass is 16.5. The van der Waals surface area contributed by atoms with Crippen LogP contribution in [-0.2, 0) is 4.74 Å². The summed E-state index contributed by atoms with van der Waals surface area (Å²) < 4.78 is 5.14. The van der Waals surface area contributed by atoms with Crippen LogP contribution in [0.25, 0.3) is 10.9 Å². The molecule has 6 heteroatoms. The Hall–Kier alpha value is -3.41. The number of benzene rings is 2. The summed E-state index contributed by atoms with van der Waals surface area (Å²) in [6, 6.07) is 11.1. The quantitative estimate of drug-likeness (QED) is 0.553. The van der Waals surface area contributed by atoms with Crippen LogP contribution in [0, 0.1) is 13.8 Å². The summed E-state index contributed by atoms with van der Waals surface area (Å²) in [6.45, 7) is 2.99. The van der Waals surface area contributed by atoms with Crippen molar-refractivity contribution in [2.45, 2.75) is 13.8 Å². The number of ether oxygens (including phenoxy) is 1. The number of carbonyl (C=O) groups is 2. The van der Waals surface area contributed by atoms with Crippen LogP contribution in [-0.4, -0.2) is 33.6 Å². The van der Waals surface area contributed by atoms with Crippen molar-refractivity contribution in [2.75, 3.05) is 6.61 Å². The number of aromatic nitrogens is 1. The molecule has 1 heterocycles. The number of Topliss-reactive ketones (excluding diaryl/α,β-unsaturated/α-hetero) is 1. The number of hydrogen-bond donors (Lipinski definition) is 2. The Balaban J connectivity index is 1.82. The molecule has 2 N–H and O–H groups in total. The number of nitrogens with zero attached hydrogens (tertiary/aromatic N) is 1. The molecular weight excluding hydrogens is 334 g/mol. The fourth-order valence-corrected chi connectivity index (χ4v) is 2.87. The first kappa shape index (κ1) is 17.4. The lowest BCUT2D eigenvalue weighted by Crippen LogP contribution is -2.17. The van der Waals surface area contributed by atoms with Gasteiger partial charge in [-0.15, -0.1) is 0 Å². The van der Waals surface area contributed by atoms with E-state index in [1.165, 1.54) is 12.1 Å². The second-order valence-electron chi connectivity index (χ2n) is 5.92. The molecule has 3 aromatic rings. The number of pyridine rings is 1. The zero-order chi connectivity index (χ0) is 18.8. The predicted octanol–water partition coefficient (Wildman–Crippen LogP) is 3.30. The van der Waals surface area contributed by atoms with Crippen molar-refractivity contribution in [1.82, 2.24) is 4.98 Å². The summed E-state index contributed by atoms with van der Waals surface area (Å²) in [5.41, 5.74) is 2.33. The van der Waals surface area contributed by atoms with E-state index < -0.39 is 18.4 Å². The van der Waals surface area contributed by atoms with E-state index >= 15 is 0 Å². The van der Waals surface area contributed by atoms with Crippen molar-refractivity contribution < 1.29 is 24.5 Å². The molecule has 0 atom stereocenters. The number of aryl methyl sites for hydroxylation is 2. The van der Waals surface area contributed by atoms with Crippen LogP contribution < -0.4 is 0 Å². The minimum atomic E-state index is -0.648. The molecule has 0 saturated carbocycles. The fourth-order valence-electron chi connectivity index (χ4n) is 2.87. The first-order chi connectivity index (χ1) is 12.4. The van der Waals surface area contributed by atoms with Gasteiger partial charge in [-0.05, 0) is 37.6 Å². The Kier molecular flexibility index (Phi) is 4.58. The molecule has 6 nitrogen and oxygen atoms in total. The van der Waals surface area contributed by atoms with Crippen LogP contribution in [0.1, 0.15) is 32.0 Å². The van der Waals surface area contributed by atoms with Crippen molar-refractivity contribution in [3.8, 4) is 11.5 Å². The normalized spacial score (nSPS) is 10.7. The Morgan fingerprint density at radius 1 is 1.08 bits per heavy atom. The SMILES string of the molecule is Cc1nc2ccccc2c(C)c1C(=O)OCC(=O)c1ccc(O)cc1O. The Labute approximate surface area is 149 Å². The molecule has 0 aliphatic rings. The summed E-state index contributed by atoms with van der Waals surface area (Å²) >= 11 is 0. The summed E-state index contributed by atoms with van der Waals surface area (Å²) in [7, 11) is 0. The highest BCUT2D eigenvalue weighted by Crippen LogP contribution is 2.25. The maximum Gasteiger partial charge on any atom is 0.340 e. The van der Waals surface area contributed by atoms with Gasteiger partial charge in [-0.1, -0.05) is 18.2 Å². The van der Waals surface area contributed by atoms with Crippen LogP contribution in [0.3, 0.4) is 0 Å². The monoisotopic (exact) mass is 351 g/mol. The van der Waals surface area contributed by atoms with E-state index in [0.717, 1.165) is 22.5 Å². The van der Waals surface area contributed by atoms with Gasteiger partial charge in [0.15, 0.2) is 6.61 Å². The van der Waals surface area contributed by atoms with E-state index in [1.807, 2.05) is 24.3 Å². The van der Waals surface area contributed by atoms with Gasteiger partial charge in [0, 0.05) is 11.5 Å². The Bertz CT molecular complexity index is 1030. The first-order valence-electron chi connectivity index (χ1n) is 7.96. The number of esters is 1. The van der Waals surface area contributed by atoms with Crippen LogP contribution in [0.5, 0.6) is 11.5 Å². The predicted molar refractivity (Wildman–Crippen MR) is 95.6 cm³/mol. The van der Waals surface area contributed by atoms with Crippen LogP contribution in [0.4, 0.5) is 0 Å². The molecule has 0 aliphatic carbocycles. The Morgan fingerprint density at radius 2 is 1.81 bits per heavy atom. The third kappa shape index (κ3) is 3.21. The molecule has 0 spiro atoms. The van der Waals surface area contributed by atoms with Gasteiger partial charge in [0.05, 0.1) is 22.3 Å². The zero-order valence-corrected chi connectivity index (χ0v) is 14.3. The van der Waals surface area contributed by atoms with Gasteiger partial charge in [0.1, 0.15) is 11.5 Å². The smallest absolute Gasteiger partial charge is 0.340 e. The van der Waals surface area contributed by atoms with Crippen molar-refractivity contribution >= 4 is 22.7 Å². The van der Waals surface area contributed by atoms with Gasteiger partial charge >= 0.3 is 5.97 Å². The van der Waals surface area contributed by atoms with Crippen molar-refractivity contribution in [3.63, 3.8) is 0 Å². The maximum atomic E-state index is 12.5. The van der Waals surface area contributed by atoms with E-state index in [9.17, 15) is 19.8 Å². The van der Waals surface area contributed by atoms with Crippen LogP contribution in [0.15, 0.2) is 42.5 Å². The number of aromatic hydroxyl groups is 2. The zero-order valence-electron chi connectivity index (χ0n) is 14.3. The molecule has 0 aliphatic heterocycles. The lowest BCUT2D eigenvalue weighted by Gasteiger charge is -2.12. The molecule has 0 amide bonds. The second kappa shape index (κ2) is 6.84. The molecular formula is C20H17NO5. The largest absolute Gasteiger partial charge is 0.508 e. The number of phenols is 2. The minimum Gasteiger partial charge on any atom is -0.508 e. The highest BCUT2D eigenvalue weighted by molar-refractivity contribution is 6.03. The molecule has 26 heavy (non-hydrogen) atoms. The molecule has 0 bridgehead atoms. The third-order valence-corrected chi connectivity index (χ3v) is 4.15. The average molecular weight is 351 g/mol. The lowest BCUT2D eigenvalue weighted by molar-refractivity contribution is 0.0472. The number of fused-ring (bicyclic) bond motifs is 1. The molecule has 132 valence electrons. The number of rotatable bonds is 4. The molecule has 0 fully saturated rings. The summed E-state index contributed by atoms with van der Waals surface area (Å²) in [5, 5.41) is 19.8. The fraction of sp³-hybridized carbons (Fsp3) is 0.150. The first-order valence-corrected chi connectivity index (χ1v) is 7.96. The van der Waals surface area contributed by atoms with Gasteiger partial charge in [-0.2, -0.15) is 0 Å². The van der Waals surface area contributed by atoms with Crippen molar-refractivity contribution in [2.24, 2.45) is 0 Å². The highest BCUT2D eigenvalue weighted by Gasteiger charge is 2.20. The third-order valence-electron chi connectivity index (χ3n) is 4.15. The molecule has 0 unspecified atom stereocenters. The van der Waals surface area contributed by atoms with E-state index in [-0.39, 0.29) is 17.1 Å². The topological polar surface area (TPSA) is 96.7 Å². The number of phenolic OH excluding ortho intramolecular Hbond substituents is 2. The van der Waals surface area contributed by atoms with Crippen molar-refractivity contribution in [1.29, 1.82) is 0 Å². The van der Waals surface area contributed by atoms with Crippen LogP contribution in [0.2, 0.25) is 0 Å². The molecule has 2 aromatic carbocycles. The molecule has 0 saturated heterocycles. The van der Waals surface area contributed by atoms with Gasteiger partial charge in [-0.3, -0.25) is 9.78 Å². The van der Waals surface area contributed by atoms with Crippen LogP contribution >= 0.6 is 0 Å². The minimum absolute atomic E-state index is 0.0271. The van der Waals surface area contributed by atoms with Gasteiger partial charge in [0.2, 0.25) is 5.78 Å². The van der Waals surface area contributed by atoms with E-state index in [4.69, 9.17) is 4.74 Å². The van der Waals surface area contributed by atoms with E-state index in [1.54, 1.807) is 13.8 Å². The average Bonchev–Trinajstić information content (AvgIpc) is 2.59. The van der Waals surface area contributed by atoms with E-state index in [0.29, 0.717) is 11.3 Å². The molecule has 0 radical (unpaired) electrons. The standard InChI is InChI=1S/C20H17NO5/c1-11-14-5-3-4-6-16(14)21-12(2)19(11)20(25)26-10-18(24)15-8-7-13(22)9-17(15)23/h3-9,22-23H,10H2,1-2H3. The summed E-state index contributed by atoms with van der Waals surface area (Å²) in [6.07, 6.45) is 0. The number of carbonyl (C=O) groups excluding carboxylic acids is 2. The number of para-hydroxylation sites is 1. The van der Waals surface area contributed by atoms with Crippen molar-refractivity contribution in [3.05, 3.63) is 64.8 Å². The molecule has 3 rings (SSSR count). The lowest BCUT2D eigenvalue weighted by atomic mass is 10.0. The van der Waals surface area contributed by atoms with E-state index in [2.05, 4.69) is 4.98 Å². The van der Waals surface area contributed by atoms with Gasteiger partial charge in [0.25, 0.3) is 0 Å². The summed E-state index contributed by atoms with van der Waals surface area (Å²) in [5.74, 6) is -1.75. The molecule has 1 aromatic heterocycles. The number of ketones is 1. The second-order valence-corrected chi connectivity index (χ2v) is 5.92. The number of hydrogen-bond acceptors (Lipinski definition) is 6. The Morgan fingerprint density at radius 3 is 2.54 bits per heavy atom.